The molecule has 0 radical (unpaired) electrons. The minimum Gasteiger partial charge on any atom is -0.454 e. The lowest BCUT2D eigenvalue weighted by atomic mass is 10.3. The second kappa shape index (κ2) is 6.38. The lowest BCUT2D eigenvalue weighted by Gasteiger charge is -2.21. The zero-order chi connectivity index (χ0) is 20.2. The van der Waals surface area contributed by atoms with Gasteiger partial charge in [-0.25, -0.2) is 9.78 Å². The van der Waals surface area contributed by atoms with Gasteiger partial charge in [0.15, 0.2) is 11.5 Å². The average Bonchev–Trinajstić information content (AvgIpc) is 3.23. The first-order chi connectivity index (χ1) is 14.7. The number of likely N-dealkylation sites (tertiary alicyclic amines) is 1. The van der Waals surface area contributed by atoms with Crippen molar-refractivity contribution in [1.82, 2.24) is 20.2 Å². The largest absolute Gasteiger partial charge is 0.454 e. The van der Waals surface area contributed by atoms with Gasteiger partial charge in [0.05, 0.1) is 0 Å². The molecule has 9 heteroatoms. The average molecular weight is 405 g/mol. The molecule has 1 saturated carbocycles. The molecule has 2 aromatic heterocycles. The summed E-state index contributed by atoms with van der Waals surface area (Å²) in [5.74, 6) is 1.76. The summed E-state index contributed by atoms with van der Waals surface area (Å²) in [5.41, 5.74) is 1.87. The number of H-pyrrole nitrogens is 1. The number of hydrogen-bond acceptors (Lipinski definition) is 5. The quantitative estimate of drug-likeness (QED) is 0.619. The van der Waals surface area contributed by atoms with Crippen molar-refractivity contribution in [3.05, 3.63) is 48.3 Å². The highest BCUT2D eigenvalue weighted by Crippen LogP contribution is 2.45. The van der Waals surface area contributed by atoms with Crippen LogP contribution in [0.1, 0.15) is 10.5 Å². The Morgan fingerprint density at radius 1 is 1.10 bits per heavy atom. The van der Waals surface area contributed by atoms with Crippen molar-refractivity contribution in [3.63, 3.8) is 0 Å². The smallest absolute Gasteiger partial charge is 0.321 e. The van der Waals surface area contributed by atoms with Crippen LogP contribution in [0.2, 0.25) is 0 Å². The van der Waals surface area contributed by atoms with Crippen LogP contribution in [-0.2, 0) is 0 Å². The van der Waals surface area contributed by atoms with Crippen molar-refractivity contribution in [3.8, 4) is 11.5 Å². The molecule has 0 spiro atoms. The van der Waals surface area contributed by atoms with Crippen LogP contribution in [0.3, 0.4) is 0 Å². The molecule has 1 saturated heterocycles. The number of carbonyl (C=O) groups excluding carboxylic acids is 2. The van der Waals surface area contributed by atoms with Crippen LogP contribution in [-0.4, -0.2) is 52.7 Å². The van der Waals surface area contributed by atoms with Gasteiger partial charge in [0.25, 0.3) is 5.91 Å². The summed E-state index contributed by atoms with van der Waals surface area (Å²) in [6.45, 7) is 1.45. The zero-order valence-electron chi connectivity index (χ0n) is 15.9. The highest BCUT2D eigenvalue weighted by molar-refractivity contribution is 5.97. The molecule has 1 aromatic carbocycles. The zero-order valence-corrected chi connectivity index (χ0v) is 15.9. The number of nitrogens with zero attached hydrogens (tertiary/aromatic N) is 2. The predicted octanol–water partition coefficient (Wildman–Crippen LogP) is 2.18. The first kappa shape index (κ1) is 17.1. The monoisotopic (exact) mass is 405 g/mol. The maximum Gasteiger partial charge on any atom is 0.321 e. The van der Waals surface area contributed by atoms with Gasteiger partial charge < -0.3 is 30.0 Å². The van der Waals surface area contributed by atoms with Crippen molar-refractivity contribution < 1.29 is 19.1 Å². The number of nitrogens with one attached hydrogen (secondary N) is 3. The van der Waals surface area contributed by atoms with Gasteiger partial charge in [0.1, 0.15) is 11.3 Å². The third-order valence-electron chi connectivity index (χ3n) is 6.04. The molecule has 9 nitrogen and oxygen atoms in total. The lowest BCUT2D eigenvalue weighted by Crippen LogP contribution is -2.39. The molecule has 3 atom stereocenters. The number of anilines is 1. The number of urea groups is 1. The van der Waals surface area contributed by atoms with E-state index in [4.69, 9.17) is 9.47 Å². The van der Waals surface area contributed by atoms with Gasteiger partial charge in [-0.15, -0.1) is 0 Å². The van der Waals surface area contributed by atoms with Crippen molar-refractivity contribution in [2.24, 2.45) is 11.8 Å². The fourth-order valence-electron chi connectivity index (χ4n) is 4.39. The summed E-state index contributed by atoms with van der Waals surface area (Å²) in [7, 11) is 0. The van der Waals surface area contributed by atoms with E-state index >= 15 is 0 Å². The first-order valence-electron chi connectivity index (χ1n) is 9.86. The SMILES string of the molecule is O=C(NC1[C@H]2CN(C(=O)Nc3ccc4c(c3)OCO4)C[C@@H]12)c1cc2cccnc2[nH]1. The van der Waals surface area contributed by atoms with Crippen molar-refractivity contribution in [2.75, 3.05) is 25.2 Å². The normalized spacial score (nSPS) is 23.3. The van der Waals surface area contributed by atoms with Crippen LogP contribution < -0.4 is 20.1 Å². The van der Waals surface area contributed by atoms with Gasteiger partial charge in [-0.05, 0) is 30.3 Å². The summed E-state index contributed by atoms with van der Waals surface area (Å²) >= 11 is 0. The van der Waals surface area contributed by atoms with E-state index in [1.807, 2.05) is 12.1 Å². The fourth-order valence-corrected chi connectivity index (χ4v) is 4.39. The second-order valence-corrected chi connectivity index (χ2v) is 7.85. The summed E-state index contributed by atoms with van der Waals surface area (Å²) in [4.78, 5) is 34.2. The lowest BCUT2D eigenvalue weighted by molar-refractivity contribution is 0.0940. The van der Waals surface area contributed by atoms with Crippen LogP contribution in [0.5, 0.6) is 11.5 Å². The van der Waals surface area contributed by atoms with Crippen LogP contribution in [0.15, 0.2) is 42.6 Å². The molecule has 4 heterocycles. The van der Waals surface area contributed by atoms with E-state index in [0.29, 0.717) is 53.5 Å². The Labute approximate surface area is 171 Å². The molecule has 0 bridgehead atoms. The van der Waals surface area contributed by atoms with E-state index in [-0.39, 0.29) is 24.8 Å². The number of piperidine rings is 1. The third-order valence-corrected chi connectivity index (χ3v) is 6.04. The maximum absolute atomic E-state index is 12.6. The number of benzene rings is 1. The van der Waals surface area contributed by atoms with Gasteiger partial charge in [-0.3, -0.25) is 4.79 Å². The van der Waals surface area contributed by atoms with Crippen LogP contribution in [0.4, 0.5) is 10.5 Å². The van der Waals surface area contributed by atoms with E-state index in [1.54, 1.807) is 35.4 Å². The van der Waals surface area contributed by atoms with Crippen molar-refractivity contribution in [2.45, 2.75) is 6.04 Å². The van der Waals surface area contributed by atoms with E-state index in [0.717, 1.165) is 5.39 Å². The maximum atomic E-state index is 12.6. The molecule has 3 aromatic rings. The number of aromatic nitrogens is 2. The Bertz CT molecular complexity index is 1130. The highest BCUT2D eigenvalue weighted by atomic mass is 16.7. The number of pyridine rings is 1. The van der Waals surface area contributed by atoms with Crippen LogP contribution in [0.25, 0.3) is 11.0 Å². The van der Waals surface area contributed by atoms with Gasteiger partial charge in [0, 0.05) is 54.3 Å². The Morgan fingerprint density at radius 2 is 1.93 bits per heavy atom. The molecule has 6 rings (SSSR count). The number of carbonyl (C=O) groups is 2. The summed E-state index contributed by atoms with van der Waals surface area (Å²) in [6.07, 6.45) is 1.69. The molecule has 30 heavy (non-hydrogen) atoms. The molecule has 3 aliphatic rings. The van der Waals surface area contributed by atoms with E-state index in [9.17, 15) is 9.59 Å². The highest BCUT2D eigenvalue weighted by Gasteiger charge is 2.57. The molecule has 3 amide bonds. The van der Waals surface area contributed by atoms with Gasteiger partial charge >= 0.3 is 6.03 Å². The minimum atomic E-state index is -0.146. The summed E-state index contributed by atoms with van der Waals surface area (Å²) in [5, 5.41) is 6.89. The van der Waals surface area contributed by atoms with E-state index < -0.39 is 0 Å². The summed E-state index contributed by atoms with van der Waals surface area (Å²) in [6, 6.07) is 10.9. The molecular formula is C21H19N5O4. The number of aromatic amines is 1. The van der Waals surface area contributed by atoms with E-state index in [2.05, 4.69) is 20.6 Å². The number of hydrogen-bond donors (Lipinski definition) is 3. The second-order valence-electron chi connectivity index (χ2n) is 7.85. The topological polar surface area (TPSA) is 109 Å². The van der Waals surface area contributed by atoms with Gasteiger partial charge in [-0.1, -0.05) is 0 Å². The number of rotatable bonds is 3. The fraction of sp³-hybridized carbons (Fsp3) is 0.286. The van der Waals surface area contributed by atoms with Crippen LogP contribution in [0, 0.1) is 11.8 Å². The molecule has 1 aliphatic carbocycles. The minimum absolute atomic E-state index is 0.103. The first-order valence-corrected chi connectivity index (χ1v) is 9.86. The van der Waals surface area contributed by atoms with Crippen molar-refractivity contribution in [1.29, 1.82) is 0 Å². The third kappa shape index (κ3) is 2.81. The molecule has 152 valence electrons. The molecule has 2 aliphatic heterocycles. The van der Waals surface area contributed by atoms with Gasteiger partial charge in [0.2, 0.25) is 6.79 Å². The number of amides is 3. The molecule has 2 fully saturated rings. The Balaban J connectivity index is 1.04. The predicted molar refractivity (Wildman–Crippen MR) is 107 cm³/mol. The number of ether oxygens (including phenoxy) is 2. The molecule has 3 N–H and O–H groups in total. The van der Waals surface area contributed by atoms with Crippen LogP contribution >= 0.6 is 0 Å². The molecule has 1 unspecified atom stereocenters. The Kier molecular flexibility index (Phi) is 3.64. The molecular weight excluding hydrogens is 386 g/mol. The Hall–Kier alpha value is -3.75. The standard InChI is InChI=1S/C21H19N5O4/c27-20(15-6-11-2-1-5-22-19(11)24-15)25-18-13-8-26(9-14(13)18)21(28)23-12-3-4-16-17(7-12)30-10-29-16/h1-7,13-14,18H,8-10H2,(H,22,24)(H,23,28)(H,25,27)/t13-,14+,18?. The number of fused-ring (bicyclic) bond motifs is 3. The Morgan fingerprint density at radius 3 is 2.77 bits per heavy atom. The summed E-state index contributed by atoms with van der Waals surface area (Å²) < 4.78 is 10.6. The van der Waals surface area contributed by atoms with E-state index in [1.165, 1.54) is 0 Å². The van der Waals surface area contributed by atoms with Gasteiger partial charge in [-0.2, -0.15) is 0 Å². The van der Waals surface area contributed by atoms with Crippen molar-refractivity contribution >= 4 is 28.7 Å².